The molecular formula is C23H30O5. The Kier molecular flexibility index (Phi) is 6.35. The van der Waals surface area contributed by atoms with Crippen LogP contribution >= 0.6 is 0 Å². The van der Waals surface area contributed by atoms with Crippen LogP contribution in [0.2, 0.25) is 0 Å². The summed E-state index contributed by atoms with van der Waals surface area (Å²) in [5.41, 5.74) is 2.36. The molecule has 3 atom stereocenters. The second-order valence-electron chi connectivity index (χ2n) is 7.24. The van der Waals surface area contributed by atoms with Crippen LogP contribution in [0.1, 0.15) is 30.4 Å². The summed E-state index contributed by atoms with van der Waals surface area (Å²) in [6.07, 6.45) is 1.42. The Morgan fingerprint density at radius 2 is 1.18 bits per heavy atom. The predicted octanol–water partition coefficient (Wildman–Crippen LogP) is 4.52. The molecule has 0 N–H and O–H groups in total. The maximum absolute atomic E-state index is 5.59. The predicted molar refractivity (Wildman–Crippen MR) is 109 cm³/mol. The lowest BCUT2D eigenvalue weighted by molar-refractivity contribution is 0.157. The van der Waals surface area contributed by atoms with Gasteiger partial charge in [-0.3, -0.25) is 0 Å². The van der Waals surface area contributed by atoms with Crippen LogP contribution in [0, 0.1) is 11.8 Å². The number of hydrogen-bond acceptors (Lipinski definition) is 5. The Labute approximate surface area is 167 Å². The molecule has 3 rings (SSSR count). The van der Waals surface area contributed by atoms with Crippen molar-refractivity contribution in [1.29, 1.82) is 0 Å². The monoisotopic (exact) mass is 386 g/mol. The van der Waals surface area contributed by atoms with E-state index in [1.807, 2.05) is 12.1 Å². The number of methoxy groups -OCH3 is 5. The molecule has 0 saturated heterocycles. The highest BCUT2D eigenvalue weighted by Crippen LogP contribution is 2.49. The highest BCUT2D eigenvalue weighted by molar-refractivity contribution is 5.50. The SMILES string of the molecule is COc1ccc(C(c2ccc(OC)c(OC)c2)[C@H](C)C2CC2OC)cc1OC. The van der Waals surface area contributed by atoms with Crippen molar-refractivity contribution in [3.63, 3.8) is 0 Å². The van der Waals surface area contributed by atoms with Crippen molar-refractivity contribution in [2.45, 2.75) is 25.4 Å². The van der Waals surface area contributed by atoms with Gasteiger partial charge < -0.3 is 23.7 Å². The topological polar surface area (TPSA) is 46.2 Å². The van der Waals surface area contributed by atoms with E-state index in [1.54, 1.807) is 35.5 Å². The van der Waals surface area contributed by atoms with Crippen LogP contribution in [0.4, 0.5) is 0 Å². The van der Waals surface area contributed by atoms with Gasteiger partial charge in [0.25, 0.3) is 0 Å². The molecule has 28 heavy (non-hydrogen) atoms. The molecule has 0 radical (unpaired) electrons. The highest BCUT2D eigenvalue weighted by atomic mass is 16.5. The molecule has 1 aliphatic rings. The van der Waals surface area contributed by atoms with Crippen molar-refractivity contribution >= 4 is 0 Å². The van der Waals surface area contributed by atoms with Crippen LogP contribution in [0.5, 0.6) is 23.0 Å². The smallest absolute Gasteiger partial charge is 0.161 e. The zero-order valence-electron chi connectivity index (χ0n) is 17.5. The summed E-state index contributed by atoms with van der Waals surface area (Å²) in [4.78, 5) is 0. The number of rotatable bonds is 9. The lowest BCUT2D eigenvalue weighted by Crippen LogP contribution is -2.16. The molecule has 2 aromatic rings. The van der Waals surface area contributed by atoms with Gasteiger partial charge in [-0.1, -0.05) is 19.1 Å². The summed E-state index contributed by atoms with van der Waals surface area (Å²) >= 11 is 0. The summed E-state index contributed by atoms with van der Waals surface area (Å²) in [6, 6.07) is 12.3. The minimum absolute atomic E-state index is 0.171. The average molecular weight is 386 g/mol. The second-order valence-corrected chi connectivity index (χ2v) is 7.24. The molecule has 0 spiro atoms. The maximum atomic E-state index is 5.59. The zero-order valence-corrected chi connectivity index (χ0v) is 17.5. The first-order chi connectivity index (χ1) is 13.6. The minimum atomic E-state index is 0.171. The Bertz CT molecular complexity index is 748. The van der Waals surface area contributed by atoms with Gasteiger partial charge in [-0.25, -0.2) is 0 Å². The fraction of sp³-hybridized carbons (Fsp3) is 0.478. The Hall–Kier alpha value is -2.40. The lowest BCUT2D eigenvalue weighted by atomic mass is 9.79. The van der Waals surface area contributed by atoms with Gasteiger partial charge in [-0.05, 0) is 53.6 Å². The molecular weight excluding hydrogens is 356 g/mol. The lowest BCUT2D eigenvalue weighted by Gasteiger charge is -2.27. The van der Waals surface area contributed by atoms with E-state index in [0.717, 1.165) is 29.4 Å². The zero-order chi connectivity index (χ0) is 20.3. The van der Waals surface area contributed by atoms with Crippen molar-refractivity contribution < 1.29 is 23.7 Å². The van der Waals surface area contributed by atoms with E-state index >= 15 is 0 Å². The molecule has 1 aliphatic carbocycles. The summed E-state index contributed by atoms with van der Waals surface area (Å²) in [6.45, 7) is 2.29. The third-order valence-corrected chi connectivity index (χ3v) is 5.82. The third-order valence-electron chi connectivity index (χ3n) is 5.82. The van der Waals surface area contributed by atoms with Crippen molar-refractivity contribution in [1.82, 2.24) is 0 Å². The normalized spacial score (nSPS) is 19.2. The van der Waals surface area contributed by atoms with Crippen LogP contribution in [0.15, 0.2) is 36.4 Å². The van der Waals surface area contributed by atoms with E-state index in [2.05, 4.69) is 31.2 Å². The molecule has 2 unspecified atom stereocenters. The first-order valence-electron chi connectivity index (χ1n) is 9.54. The van der Waals surface area contributed by atoms with Crippen molar-refractivity contribution in [2.24, 2.45) is 11.8 Å². The maximum Gasteiger partial charge on any atom is 0.161 e. The molecule has 1 saturated carbocycles. The van der Waals surface area contributed by atoms with E-state index in [9.17, 15) is 0 Å². The summed E-state index contributed by atoms with van der Waals surface area (Å²) in [5, 5.41) is 0. The summed E-state index contributed by atoms with van der Waals surface area (Å²) in [5.74, 6) is 4.01. The fourth-order valence-corrected chi connectivity index (χ4v) is 4.15. The van der Waals surface area contributed by atoms with Gasteiger partial charge in [-0.15, -0.1) is 0 Å². The van der Waals surface area contributed by atoms with Gasteiger partial charge in [0, 0.05) is 13.0 Å². The molecule has 5 heteroatoms. The van der Waals surface area contributed by atoms with E-state index in [1.165, 1.54) is 11.1 Å². The highest BCUT2D eigenvalue weighted by Gasteiger charge is 2.45. The van der Waals surface area contributed by atoms with E-state index < -0.39 is 0 Å². The van der Waals surface area contributed by atoms with Crippen LogP contribution in [-0.4, -0.2) is 41.7 Å². The number of ether oxygens (including phenoxy) is 5. The Balaban J connectivity index is 2.06. The molecule has 2 aromatic carbocycles. The Morgan fingerprint density at radius 1 is 0.714 bits per heavy atom. The van der Waals surface area contributed by atoms with Crippen molar-refractivity contribution in [3.05, 3.63) is 47.5 Å². The van der Waals surface area contributed by atoms with Gasteiger partial charge >= 0.3 is 0 Å². The van der Waals surface area contributed by atoms with Gasteiger partial charge in [0.15, 0.2) is 23.0 Å². The largest absolute Gasteiger partial charge is 0.493 e. The molecule has 152 valence electrons. The number of benzene rings is 2. The van der Waals surface area contributed by atoms with Gasteiger partial charge in [0.05, 0.1) is 34.5 Å². The first kappa shape index (κ1) is 20.3. The van der Waals surface area contributed by atoms with Crippen LogP contribution < -0.4 is 18.9 Å². The standard InChI is InChI=1S/C23H30O5/c1-14(17-13-20(17)26-4)23(15-7-9-18(24-2)21(11-15)27-5)16-8-10-19(25-3)22(12-16)28-6/h7-12,14,17,20,23H,13H2,1-6H3/t14-,17?,20?/m1/s1. The van der Waals surface area contributed by atoms with Crippen LogP contribution in [0.25, 0.3) is 0 Å². The molecule has 0 aromatic heterocycles. The van der Waals surface area contributed by atoms with Gasteiger partial charge in [0.1, 0.15) is 0 Å². The third kappa shape index (κ3) is 3.90. The van der Waals surface area contributed by atoms with Crippen LogP contribution in [-0.2, 0) is 4.74 Å². The quantitative estimate of drug-likeness (QED) is 0.634. The van der Waals surface area contributed by atoms with Crippen LogP contribution in [0.3, 0.4) is 0 Å². The Morgan fingerprint density at radius 3 is 1.54 bits per heavy atom. The summed E-state index contributed by atoms with van der Waals surface area (Å²) in [7, 11) is 8.43. The fourth-order valence-electron chi connectivity index (χ4n) is 4.15. The molecule has 5 nitrogen and oxygen atoms in total. The second kappa shape index (κ2) is 8.74. The molecule has 0 bridgehead atoms. The van der Waals surface area contributed by atoms with E-state index in [4.69, 9.17) is 23.7 Å². The van der Waals surface area contributed by atoms with Crippen molar-refractivity contribution in [2.75, 3.05) is 35.5 Å². The number of hydrogen-bond donors (Lipinski definition) is 0. The van der Waals surface area contributed by atoms with Crippen molar-refractivity contribution in [3.8, 4) is 23.0 Å². The minimum Gasteiger partial charge on any atom is -0.493 e. The van der Waals surface area contributed by atoms with E-state index in [-0.39, 0.29) is 5.92 Å². The average Bonchev–Trinajstić information content (AvgIpc) is 3.53. The summed E-state index contributed by atoms with van der Waals surface area (Å²) < 4.78 is 27.5. The van der Waals surface area contributed by atoms with Gasteiger partial charge in [-0.2, -0.15) is 0 Å². The molecule has 0 aliphatic heterocycles. The molecule has 0 heterocycles. The first-order valence-corrected chi connectivity index (χ1v) is 9.54. The molecule has 1 fully saturated rings. The van der Waals surface area contributed by atoms with Gasteiger partial charge in [0.2, 0.25) is 0 Å². The van der Waals surface area contributed by atoms with E-state index in [0.29, 0.717) is 17.9 Å². The molecule has 0 amide bonds.